The van der Waals surface area contributed by atoms with Gasteiger partial charge in [-0.1, -0.05) is 122 Å². The highest BCUT2D eigenvalue weighted by Crippen LogP contribution is 2.40. The van der Waals surface area contributed by atoms with Crippen LogP contribution in [-0.4, -0.2) is 72.3 Å². The highest BCUT2D eigenvalue weighted by Gasteiger charge is 2.52. The molecule has 6 nitrogen and oxygen atoms in total. The number of carbonyl (C=O) groups excluding carboxylic acids is 1. The van der Waals surface area contributed by atoms with Crippen LogP contribution in [0.3, 0.4) is 0 Å². The molecular formula is C36H61NO5SSi2. The largest absolute Gasteiger partial charge is 0.409 e. The zero-order valence-corrected chi connectivity index (χ0v) is 32.6. The van der Waals surface area contributed by atoms with Crippen LogP contribution in [0, 0.1) is 0 Å². The van der Waals surface area contributed by atoms with Gasteiger partial charge in [-0.2, -0.15) is 0 Å². The van der Waals surface area contributed by atoms with Gasteiger partial charge in [0.1, 0.15) is 0 Å². The van der Waals surface area contributed by atoms with E-state index in [-0.39, 0.29) is 17.0 Å². The Morgan fingerprint density at radius 3 is 1.84 bits per heavy atom. The molecular weight excluding hydrogens is 615 g/mol. The molecule has 2 aromatic carbocycles. The molecule has 45 heavy (non-hydrogen) atoms. The average molecular weight is 676 g/mol. The molecule has 2 aromatic rings. The summed E-state index contributed by atoms with van der Waals surface area (Å²) in [5, 5.41) is 3.64. The number of hydroxylamine groups is 2. The summed E-state index contributed by atoms with van der Waals surface area (Å²) in [7, 11) is -1.78. The number of amides is 1. The third-order valence-electron chi connectivity index (χ3n) is 9.58. The quantitative estimate of drug-likeness (QED) is 0.0759. The van der Waals surface area contributed by atoms with Gasteiger partial charge in [-0.15, -0.1) is 11.8 Å². The van der Waals surface area contributed by atoms with Gasteiger partial charge in [0.25, 0.3) is 8.32 Å². The minimum absolute atomic E-state index is 0.0669. The Labute approximate surface area is 281 Å². The topological polar surface area (TPSA) is 57.2 Å². The van der Waals surface area contributed by atoms with Gasteiger partial charge in [0.05, 0.1) is 31.4 Å². The minimum Gasteiger partial charge on any atom is -0.409 e. The average Bonchev–Trinajstić information content (AvgIpc) is 3.06. The predicted molar refractivity (Wildman–Crippen MR) is 196 cm³/mol. The van der Waals surface area contributed by atoms with Crippen molar-refractivity contribution in [2.75, 3.05) is 33.0 Å². The minimum atomic E-state index is -2.85. The SMILES string of the molecule is CCCC[C@](CCC(=O)N(C)OC)(OCSC)[C@H](CO[Si](c1ccccc1)(c1ccccc1)C(C)(C)C)O[Si](CC)(CC)CC. The molecule has 9 heteroatoms. The summed E-state index contributed by atoms with van der Waals surface area (Å²) < 4.78 is 22.0. The van der Waals surface area contributed by atoms with E-state index in [2.05, 4.69) is 115 Å². The molecule has 0 aromatic heterocycles. The van der Waals surface area contributed by atoms with Crippen LogP contribution in [0.2, 0.25) is 23.2 Å². The molecule has 2 rings (SSSR count). The fourth-order valence-electron chi connectivity index (χ4n) is 6.47. The lowest BCUT2D eigenvalue weighted by Crippen LogP contribution is -2.68. The highest BCUT2D eigenvalue weighted by atomic mass is 32.2. The maximum atomic E-state index is 13.1. The molecule has 0 radical (unpaired) electrons. The maximum Gasteiger partial charge on any atom is 0.261 e. The van der Waals surface area contributed by atoms with Gasteiger partial charge in [-0.05, 0) is 52.6 Å². The fraction of sp³-hybridized carbons (Fsp3) is 0.639. The van der Waals surface area contributed by atoms with Gasteiger partial charge in [0, 0.05) is 13.5 Å². The Morgan fingerprint density at radius 2 is 1.42 bits per heavy atom. The van der Waals surface area contributed by atoms with E-state index in [9.17, 15) is 4.79 Å². The molecule has 0 aliphatic carbocycles. The molecule has 2 atom stereocenters. The number of carbonyl (C=O) groups is 1. The Bertz CT molecular complexity index is 1060. The lowest BCUT2D eigenvalue weighted by molar-refractivity contribution is -0.172. The number of nitrogens with zero attached hydrogens (tertiary/aromatic N) is 1. The van der Waals surface area contributed by atoms with Crippen molar-refractivity contribution in [3.63, 3.8) is 0 Å². The summed E-state index contributed by atoms with van der Waals surface area (Å²) >= 11 is 1.66. The summed E-state index contributed by atoms with van der Waals surface area (Å²) in [6.45, 7) is 16.4. The van der Waals surface area contributed by atoms with Crippen molar-refractivity contribution in [1.29, 1.82) is 0 Å². The Morgan fingerprint density at radius 1 is 0.889 bits per heavy atom. The monoisotopic (exact) mass is 675 g/mol. The van der Waals surface area contributed by atoms with E-state index in [1.54, 1.807) is 18.8 Å². The Balaban J connectivity index is 2.80. The molecule has 0 saturated heterocycles. The number of benzene rings is 2. The Hall–Kier alpha value is -1.47. The molecule has 0 bridgehead atoms. The predicted octanol–water partition coefficient (Wildman–Crippen LogP) is 8.02. The van der Waals surface area contributed by atoms with E-state index in [1.807, 2.05) is 0 Å². The first-order valence-corrected chi connectivity index (χ1v) is 22.6. The van der Waals surface area contributed by atoms with Crippen LogP contribution >= 0.6 is 11.8 Å². The van der Waals surface area contributed by atoms with Crippen molar-refractivity contribution in [3.05, 3.63) is 60.7 Å². The van der Waals surface area contributed by atoms with E-state index >= 15 is 0 Å². The van der Waals surface area contributed by atoms with Crippen LogP contribution in [0.5, 0.6) is 0 Å². The molecule has 0 aliphatic heterocycles. The molecule has 0 N–H and O–H groups in total. The lowest BCUT2D eigenvalue weighted by atomic mass is 9.85. The van der Waals surface area contributed by atoms with Gasteiger partial charge in [0.15, 0.2) is 8.32 Å². The third kappa shape index (κ3) is 10.0. The number of hydrogen-bond donors (Lipinski definition) is 0. The lowest BCUT2D eigenvalue weighted by Gasteiger charge is -2.48. The van der Waals surface area contributed by atoms with Crippen LogP contribution in [0.1, 0.15) is 80.6 Å². The molecule has 1 amide bonds. The molecule has 0 unspecified atom stereocenters. The van der Waals surface area contributed by atoms with Gasteiger partial charge in [-0.25, -0.2) is 5.06 Å². The van der Waals surface area contributed by atoms with Gasteiger partial charge >= 0.3 is 0 Å². The van der Waals surface area contributed by atoms with Crippen molar-refractivity contribution in [1.82, 2.24) is 5.06 Å². The molecule has 0 heterocycles. The van der Waals surface area contributed by atoms with Crippen molar-refractivity contribution in [2.45, 2.75) is 115 Å². The third-order valence-corrected chi connectivity index (χ3v) is 19.6. The second kappa shape index (κ2) is 18.8. The first kappa shape index (κ1) is 39.7. The van der Waals surface area contributed by atoms with Crippen molar-refractivity contribution in [2.24, 2.45) is 0 Å². The Kier molecular flexibility index (Phi) is 16.6. The van der Waals surface area contributed by atoms with Crippen LogP contribution in [0.25, 0.3) is 0 Å². The second-order valence-electron chi connectivity index (χ2n) is 13.1. The number of hydrogen-bond acceptors (Lipinski definition) is 6. The number of ether oxygens (including phenoxy) is 1. The van der Waals surface area contributed by atoms with Crippen molar-refractivity contribution in [3.8, 4) is 0 Å². The summed E-state index contributed by atoms with van der Waals surface area (Å²) in [5.74, 6) is 0.457. The van der Waals surface area contributed by atoms with E-state index in [4.69, 9.17) is 18.4 Å². The van der Waals surface area contributed by atoms with Crippen LogP contribution < -0.4 is 10.4 Å². The van der Waals surface area contributed by atoms with Gasteiger partial charge < -0.3 is 13.6 Å². The van der Waals surface area contributed by atoms with E-state index in [0.29, 0.717) is 25.4 Å². The maximum absolute atomic E-state index is 13.1. The summed E-state index contributed by atoms with van der Waals surface area (Å²) in [5.41, 5.74) is -0.688. The summed E-state index contributed by atoms with van der Waals surface area (Å²) in [6, 6.07) is 24.6. The smallest absolute Gasteiger partial charge is 0.261 e. The zero-order chi connectivity index (χ0) is 33.6. The number of unbranched alkanes of at least 4 members (excludes halogenated alkanes) is 1. The number of thioether (sulfide) groups is 1. The molecule has 0 saturated carbocycles. The second-order valence-corrected chi connectivity index (χ2v) is 23.0. The molecule has 0 spiro atoms. The van der Waals surface area contributed by atoms with E-state index in [1.165, 1.54) is 22.5 Å². The van der Waals surface area contributed by atoms with Crippen LogP contribution in [-0.2, 0) is 23.2 Å². The standard InChI is InChI=1S/C36H61NO5SSi2/c1-11-15-27-36(40-30-43-10,28-26-34(38)37(8)39-9)33(42-44(12-2,13-3)14-4)29-41-45(35(5,6)7,31-22-18-16-19-23-31)32-24-20-17-21-25-32/h16-25,33H,11-15,26-30H2,1-10H3/t33-,36+/m0/s1. The molecule has 0 fully saturated rings. The van der Waals surface area contributed by atoms with Gasteiger partial charge in [0.2, 0.25) is 5.91 Å². The van der Waals surface area contributed by atoms with Crippen LogP contribution in [0.4, 0.5) is 0 Å². The van der Waals surface area contributed by atoms with Crippen molar-refractivity contribution >= 4 is 44.7 Å². The van der Waals surface area contributed by atoms with Crippen molar-refractivity contribution < 1.29 is 23.2 Å². The zero-order valence-electron chi connectivity index (χ0n) is 29.8. The highest BCUT2D eigenvalue weighted by molar-refractivity contribution is 7.98. The van der Waals surface area contributed by atoms with E-state index in [0.717, 1.165) is 37.4 Å². The molecule has 0 aliphatic rings. The first-order chi connectivity index (χ1) is 21.4. The van der Waals surface area contributed by atoms with E-state index < -0.39 is 22.2 Å². The van der Waals surface area contributed by atoms with Crippen LogP contribution in [0.15, 0.2) is 60.7 Å². The fourth-order valence-corrected chi connectivity index (χ4v) is 14.3. The van der Waals surface area contributed by atoms with Gasteiger partial charge in [-0.3, -0.25) is 9.63 Å². The first-order valence-electron chi connectivity index (χ1n) is 16.8. The molecule has 254 valence electrons. The normalized spacial score (nSPS) is 14.6. The number of rotatable bonds is 21. The summed E-state index contributed by atoms with van der Waals surface area (Å²) in [4.78, 5) is 18.4. The summed E-state index contributed by atoms with van der Waals surface area (Å²) in [6.07, 6.45) is 5.37.